The van der Waals surface area contributed by atoms with E-state index < -0.39 is 5.41 Å². The van der Waals surface area contributed by atoms with Crippen molar-refractivity contribution in [3.05, 3.63) is 58.0 Å². The number of nitriles is 1. The highest BCUT2D eigenvalue weighted by atomic mass is 35.5. The molecule has 0 bridgehead atoms. The maximum atomic E-state index is 10.3. The molecule has 2 rings (SSSR count). The van der Waals surface area contributed by atoms with Gasteiger partial charge in [-0.15, -0.1) is 12.4 Å². The van der Waals surface area contributed by atoms with Gasteiger partial charge in [0.1, 0.15) is 0 Å². The van der Waals surface area contributed by atoms with Crippen molar-refractivity contribution in [3.63, 3.8) is 0 Å². The summed E-state index contributed by atoms with van der Waals surface area (Å²) in [7, 11) is 6.83. The minimum absolute atomic E-state index is 0. The van der Waals surface area contributed by atoms with Crippen LogP contribution in [0.3, 0.4) is 0 Å². The molecule has 0 saturated heterocycles. The number of nitrogens with zero attached hydrogens (tertiary/aromatic N) is 5. The number of likely N-dealkylation sites (N-methyl/N-ethyl adjacent to an activating group) is 1. The molecule has 8 nitrogen and oxygen atoms in total. The molecule has 0 N–H and O–H groups in total. The monoisotopic (exact) mass is 501 g/mol. The summed E-state index contributed by atoms with van der Waals surface area (Å²) in [6.07, 6.45) is 2.42. The summed E-state index contributed by atoms with van der Waals surface area (Å²) in [6.45, 7) is 5.88. The van der Waals surface area contributed by atoms with Gasteiger partial charge in [0.25, 0.3) is 0 Å². The zero-order valence-corrected chi connectivity index (χ0v) is 22.3. The van der Waals surface area contributed by atoms with Crippen LogP contribution in [-0.2, 0) is 11.8 Å². The number of halogens is 1. The Bertz CT molecular complexity index is 1020. The number of methoxy groups -OCH3 is 3. The van der Waals surface area contributed by atoms with Gasteiger partial charge < -0.3 is 19.1 Å². The van der Waals surface area contributed by atoms with E-state index in [1.807, 2.05) is 30.3 Å². The van der Waals surface area contributed by atoms with Crippen LogP contribution in [-0.4, -0.2) is 46.4 Å². The van der Waals surface area contributed by atoms with Crippen molar-refractivity contribution in [3.8, 4) is 23.3 Å². The molecule has 0 aromatic heterocycles. The second-order valence-electron chi connectivity index (χ2n) is 8.67. The fourth-order valence-electron chi connectivity index (χ4n) is 4.24. The van der Waals surface area contributed by atoms with Crippen LogP contribution in [0.5, 0.6) is 17.2 Å². The SMILES string of the molecule is COc1cc(C(C#N)(CCCN(C)CCc2cccc(N=[N+]=[N-])c2)C(C)C)cc(OC)c1OC.Cl. The Hall–Kier alpha value is -3.11. The van der Waals surface area contributed by atoms with Crippen LogP contribution in [0.2, 0.25) is 0 Å². The number of azide groups is 1. The maximum Gasteiger partial charge on any atom is 0.203 e. The van der Waals surface area contributed by atoms with Gasteiger partial charge in [-0.05, 0) is 73.6 Å². The van der Waals surface area contributed by atoms with Crippen molar-refractivity contribution in [2.24, 2.45) is 11.0 Å². The van der Waals surface area contributed by atoms with Crippen LogP contribution in [0.25, 0.3) is 10.4 Å². The van der Waals surface area contributed by atoms with Gasteiger partial charge in [0.15, 0.2) is 11.5 Å². The van der Waals surface area contributed by atoms with E-state index in [0.29, 0.717) is 29.4 Å². The fraction of sp³-hybridized carbons (Fsp3) is 0.500. The molecule has 2 aromatic rings. The highest BCUT2D eigenvalue weighted by molar-refractivity contribution is 5.85. The van der Waals surface area contributed by atoms with E-state index in [0.717, 1.165) is 37.1 Å². The molecule has 0 aliphatic heterocycles. The number of hydrogen-bond donors (Lipinski definition) is 0. The third-order valence-corrected chi connectivity index (χ3v) is 6.33. The molecule has 0 spiro atoms. The molecule has 9 heteroatoms. The minimum Gasteiger partial charge on any atom is -0.493 e. The maximum absolute atomic E-state index is 10.3. The van der Waals surface area contributed by atoms with Gasteiger partial charge >= 0.3 is 0 Å². The number of benzene rings is 2. The molecule has 0 heterocycles. The second kappa shape index (κ2) is 14.3. The molecule has 1 atom stereocenters. The zero-order chi connectivity index (χ0) is 25.1. The predicted octanol–water partition coefficient (Wildman–Crippen LogP) is 6.45. The predicted molar refractivity (Wildman–Crippen MR) is 141 cm³/mol. The molecule has 0 aliphatic rings. The Labute approximate surface area is 214 Å². The topological polar surface area (TPSA) is 103 Å². The van der Waals surface area contributed by atoms with E-state index >= 15 is 0 Å². The average Bonchev–Trinajstić information content (AvgIpc) is 2.84. The van der Waals surface area contributed by atoms with E-state index in [2.05, 4.69) is 41.9 Å². The minimum atomic E-state index is -0.683. The molecule has 1 unspecified atom stereocenters. The van der Waals surface area contributed by atoms with Gasteiger partial charge in [0.05, 0.1) is 32.8 Å². The van der Waals surface area contributed by atoms with Gasteiger partial charge in [-0.2, -0.15) is 5.26 Å². The van der Waals surface area contributed by atoms with Gasteiger partial charge in [-0.25, -0.2) is 0 Å². The molecule has 0 aliphatic carbocycles. The summed E-state index contributed by atoms with van der Waals surface area (Å²) < 4.78 is 16.5. The lowest BCUT2D eigenvalue weighted by atomic mass is 9.69. The third-order valence-electron chi connectivity index (χ3n) is 6.33. The van der Waals surface area contributed by atoms with Crippen molar-refractivity contribution in [1.82, 2.24) is 4.90 Å². The first-order valence-electron chi connectivity index (χ1n) is 11.4. The van der Waals surface area contributed by atoms with Gasteiger partial charge in [-0.1, -0.05) is 37.2 Å². The molecule has 0 amide bonds. The van der Waals surface area contributed by atoms with E-state index in [4.69, 9.17) is 19.7 Å². The normalized spacial score (nSPS) is 12.2. The summed E-state index contributed by atoms with van der Waals surface area (Å²) >= 11 is 0. The van der Waals surface area contributed by atoms with Crippen molar-refractivity contribution in [2.45, 2.75) is 38.5 Å². The Kier molecular flexibility index (Phi) is 12.2. The first kappa shape index (κ1) is 29.9. The van der Waals surface area contributed by atoms with Crippen molar-refractivity contribution in [1.29, 1.82) is 5.26 Å². The van der Waals surface area contributed by atoms with Crippen LogP contribution in [0.1, 0.15) is 37.8 Å². The van der Waals surface area contributed by atoms with E-state index in [1.54, 1.807) is 27.4 Å². The second-order valence-corrected chi connectivity index (χ2v) is 8.67. The third kappa shape index (κ3) is 7.43. The molecule has 0 saturated carbocycles. The lowest BCUT2D eigenvalue weighted by Crippen LogP contribution is -2.32. The van der Waals surface area contributed by atoms with Gasteiger partial charge in [0, 0.05) is 17.1 Å². The highest BCUT2D eigenvalue weighted by Gasteiger charge is 2.37. The van der Waals surface area contributed by atoms with Crippen molar-refractivity contribution >= 4 is 18.1 Å². The summed E-state index contributed by atoms with van der Waals surface area (Å²) in [5.41, 5.74) is 10.6. The van der Waals surface area contributed by atoms with Crippen LogP contribution >= 0.6 is 12.4 Å². The lowest BCUT2D eigenvalue weighted by molar-refractivity contribution is 0.290. The first-order valence-corrected chi connectivity index (χ1v) is 11.4. The molecule has 190 valence electrons. The summed E-state index contributed by atoms with van der Waals surface area (Å²) in [5.74, 6) is 1.72. The number of hydrogen-bond acceptors (Lipinski definition) is 6. The summed E-state index contributed by atoms with van der Waals surface area (Å²) in [4.78, 5) is 5.11. The van der Waals surface area contributed by atoms with Gasteiger partial charge in [-0.3, -0.25) is 0 Å². The summed E-state index contributed by atoms with van der Waals surface area (Å²) in [5, 5.41) is 14.0. The average molecular weight is 502 g/mol. The van der Waals surface area contributed by atoms with Crippen LogP contribution in [0, 0.1) is 17.2 Å². The molecule has 0 fully saturated rings. The fourth-order valence-corrected chi connectivity index (χ4v) is 4.24. The molecule has 2 aromatic carbocycles. The van der Waals surface area contributed by atoms with Crippen LogP contribution in [0.15, 0.2) is 41.5 Å². The van der Waals surface area contributed by atoms with Crippen molar-refractivity contribution < 1.29 is 14.2 Å². The zero-order valence-electron chi connectivity index (χ0n) is 21.4. The van der Waals surface area contributed by atoms with E-state index in [9.17, 15) is 5.26 Å². The van der Waals surface area contributed by atoms with Gasteiger partial charge in [0.2, 0.25) is 5.75 Å². The van der Waals surface area contributed by atoms with Crippen LogP contribution < -0.4 is 14.2 Å². The quantitative estimate of drug-likeness (QED) is 0.178. The highest BCUT2D eigenvalue weighted by Crippen LogP contribution is 2.45. The Morgan fingerprint density at radius 2 is 1.74 bits per heavy atom. The molecule has 0 radical (unpaired) electrons. The Balaban J connectivity index is 0.00000612. The molecular formula is C26H36ClN5O3. The van der Waals surface area contributed by atoms with Crippen molar-refractivity contribution in [2.75, 3.05) is 41.5 Å². The molecular weight excluding hydrogens is 466 g/mol. The van der Waals surface area contributed by atoms with E-state index in [1.165, 1.54) is 0 Å². The van der Waals surface area contributed by atoms with E-state index in [-0.39, 0.29) is 18.3 Å². The number of ether oxygens (including phenoxy) is 3. The Morgan fingerprint density at radius 3 is 2.26 bits per heavy atom. The lowest BCUT2D eigenvalue weighted by Gasteiger charge is -2.33. The smallest absolute Gasteiger partial charge is 0.203 e. The van der Waals surface area contributed by atoms with Crippen LogP contribution in [0.4, 0.5) is 5.69 Å². The molecule has 35 heavy (non-hydrogen) atoms. The Morgan fingerprint density at radius 1 is 1.09 bits per heavy atom. The summed E-state index contributed by atoms with van der Waals surface area (Å²) in [6, 6.07) is 14.0. The largest absolute Gasteiger partial charge is 0.493 e. The number of rotatable bonds is 13. The first-order chi connectivity index (χ1) is 16.3. The standard InChI is InChI=1S/C26H35N5O3.ClH/c1-19(2)26(18-27,21-16-23(32-4)25(34-6)24(17-21)33-5)12-8-13-31(3)14-11-20-9-7-10-22(15-20)29-30-28;/h7,9-10,15-17,19H,8,11-14H2,1-6H3;1H.